The van der Waals surface area contributed by atoms with E-state index in [2.05, 4.69) is 219 Å². The van der Waals surface area contributed by atoms with Crippen molar-refractivity contribution < 1.29 is 4.42 Å². The Morgan fingerprint density at radius 1 is 0.597 bits per heavy atom. The molecule has 2 unspecified atom stereocenters. The summed E-state index contributed by atoms with van der Waals surface area (Å²) in [5, 5.41) is 2.29. The minimum atomic E-state index is -0.582. The van der Waals surface area contributed by atoms with Gasteiger partial charge in [-0.25, -0.2) is 0 Å². The summed E-state index contributed by atoms with van der Waals surface area (Å²) in [6.45, 7) is 6.88. The molecule has 0 spiro atoms. The molecule has 0 bridgehead atoms. The first-order valence-corrected chi connectivity index (χ1v) is 22.5. The molecule has 3 heteroatoms. The Labute approximate surface area is 364 Å². The Balaban J connectivity index is 1.19. The van der Waals surface area contributed by atoms with Crippen LogP contribution in [0.2, 0.25) is 0 Å². The van der Waals surface area contributed by atoms with E-state index in [-0.39, 0.29) is 5.41 Å². The standard InChI is InChI=1S/C59H50N2O/c1-58(2,3)39-31-33-43(34-32-39)60(44-35-36-52-48(37-44)45-25-14-17-29-51(45)61(52)42-23-11-6-12-24-42)53-38-50-55(56-47-27-15-18-30-54(47)62-57(53)56)46-26-13-16-28-49(46)59(50,40-19-7-4-8-20-40)41-21-9-5-10-22-41/h4-13,15-16,18-24,26-28,30-38,45,51H,14,17,25,29H2,1-3H3. The molecule has 0 saturated heterocycles. The average molecular weight is 803 g/mol. The Hall–Kier alpha value is -6.84. The number of furan rings is 1. The van der Waals surface area contributed by atoms with E-state index in [1.807, 2.05) is 0 Å². The van der Waals surface area contributed by atoms with Gasteiger partial charge in [-0.05, 0) is 117 Å². The predicted molar refractivity (Wildman–Crippen MR) is 258 cm³/mol. The van der Waals surface area contributed by atoms with Gasteiger partial charge in [-0.3, -0.25) is 0 Å². The van der Waals surface area contributed by atoms with Crippen molar-refractivity contribution in [3.63, 3.8) is 0 Å². The van der Waals surface area contributed by atoms with Crippen molar-refractivity contribution in [3.8, 4) is 11.1 Å². The second kappa shape index (κ2) is 14.1. The molecule has 12 rings (SSSR count). The number of nitrogens with zero attached hydrogens (tertiary/aromatic N) is 2. The van der Waals surface area contributed by atoms with Gasteiger partial charge in [0, 0.05) is 45.5 Å². The number of hydrogen-bond acceptors (Lipinski definition) is 3. The van der Waals surface area contributed by atoms with E-state index in [4.69, 9.17) is 4.42 Å². The first kappa shape index (κ1) is 37.0. The van der Waals surface area contributed by atoms with E-state index in [0.29, 0.717) is 12.0 Å². The fraction of sp³-hybridized carbons (Fsp3) is 0.186. The number of para-hydroxylation sites is 2. The summed E-state index contributed by atoms with van der Waals surface area (Å²) in [7, 11) is 0. The number of anilines is 5. The highest BCUT2D eigenvalue weighted by molar-refractivity contribution is 6.19. The average Bonchev–Trinajstić information content (AvgIpc) is 3.96. The number of fused-ring (bicyclic) bond motifs is 10. The van der Waals surface area contributed by atoms with Crippen LogP contribution in [0.5, 0.6) is 0 Å². The highest BCUT2D eigenvalue weighted by Gasteiger charge is 2.48. The van der Waals surface area contributed by atoms with Crippen LogP contribution < -0.4 is 9.80 Å². The zero-order chi connectivity index (χ0) is 41.6. The van der Waals surface area contributed by atoms with Crippen LogP contribution >= 0.6 is 0 Å². The van der Waals surface area contributed by atoms with Crippen LogP contribution in [-0.2, 0) is 10.8 Å². The molecule has 62 heavy (non-hydrogen) atoms. The van der Waals surface area contributed by atoms with Crippen molar-refractivity contribution in [3.05, 3.63) is 221 Å². The molecular formula is C59H50N2O. The van der Waals surface area contributed by atoms with Gasteiger partial charge in [0.15, 0.2) is 5.58 Å². The largest absolute Gasteiger partial charge is 0.454 e. The predicted octanol–water partition coefficient (Wildman–Crippen LogP) is 15.9. The summed E-state index contributed by atoms with van der Waals surface area (Å²) < 4.78 is 7.21. The molecule has 2 aliphatic carbocycles. The van der Waals surface area contributed by atoms with Crippen molar-refractivity contribution in [1.29, 1.82) is 0 Å². The second-order valence-corrected chi connectivity index (χ2v) is 18.7. The van der Waals surface area contributed by atoms with Gasteiger partial charge in [0.25, 0.3) is 0 Å². The molecule has 302 valence electrons. The summed E-state index contributed by atoms with van der Waals surface area (Å²) in [5.74, 6) is 0.466. The van der Waals surface area contributed by atoms with Crippen LogP contribution in [0.3, 0.4) is 0 Å². The Bertz CT molecular complexity index is 3080. The molecule has 1 saturated carbocycles. The third kappa shape index (κ3) is 5.43. The zero-order valence-electron chi connectivity index (χ0n) is 35.7. The lowest BCUT2D eigenvalue weighted by Gasteiger charge is -2.35. The lowest BCUT2D eigenvalue weighted by atomic mass is 9.67. The van der Waals surface area contributed by atoms with E-state index < -0.39 is 5.41 Å². The lowest BCUT2D eigenvalue weighted by Crippen LogP contribution is -2.32. The molecule has 3 aliphatic rings. The van der Waals surface area contributed by atoms with Crippen molar-refractivity contribution >= 4 is 50.4 Å². The van der Waals surface area contributed by atoms with Crippen LogP contribution in [0.1, 0.15) is 85.8 Å². The van der Waals surface area contributed by atoms with Gasteiger partial charge in [0.2, 0.25) is 0 Å². The van der Waals surface area contributed by atoms with Gasteiger partial charge in [-0.1, -0.05) is 167 Å². The van der Waals surface area contributed by atoms with Crippen molar-refractivity contribution in [1.82, 2.24) is 0 Å². The van der Waals surface area contributed by atoms with Gasteiger partial charge in [0.1, 0.15) is 5.58 Å². The molecule has 2 heterocycles. The lowest BCUT2D eigenvalue weighted by molar-refractivity contribution is 0.402. The number of benzene rings is 8. The van der Waals surface area contributed by atoms with Crippen LogP contribution in [0.25, 0.3) is 33.1 Å². The zero-order valence-corrected chi connectivity index (χ0v) is 35.7. The molecule has 1 fully saturated rings. The summed E-state index contributed by atoms with van der Waals surface area (Å²) in [4.78, 5) is 5.15. The monoisotopic (exact) mass is 802 g/mol. The van der Waals surface area contributed by atoms with Crippen molar-refractivity contribution in [2.45, 2.75) is 69.2 Å². The fourth-order valence-corrected chi connectivity index (χ4v) is 11.6. The molecule has 0 N–H and O–H groups in total. The Morgan fingerprint density at radius 3 is 1.95 bits per heavy atom. The van der Waals surface area contributed by atoms with Crippen LogP contribution in [0, 0.1) is 0 Å². The minimum Gasteiger partial charge on any atom is -0.454 e. The van der Waals surface area contributed by atoms with Gasteiger partial charge in [-0.15, -0.1) is 0 Å². The smallest absolute Gasteiger partial charge is 0.160 e. The van der Waals surface area contributed by atoms with Crippen molar-refractivity contribution in [2.24, 2.45) is 0 Å². The van der Waals surface area contributed by atoms with Gasteiger partial charge >= 0.3 is 0 Å². The molecule has 1 aliphatic heterocycles. The van der Waals surface area contributed by atoms with Gasteiger partial charge < -0.3 is 14.2 Å². The third-order valence-electron chi connectivity index (χ3n) is 14.3. The minimum absolute atomic E-state index is 0.0180. The Kier molecular flexibility index (Phi) is 8.41. The molecule has 8 aromatic carbocycles. The summed E-state index contributed by atoms with van der Waals surface area (Å²) in [6.07, 6.45) is 4.93. The summed E-state index contributed by atoms with van der Waals surface area (Å²) >= 11 is 0. The van der Waals surface area contributed by atoms with E-state index in [1.165, 1.54) is 81.6 Å². The maximum Gasteiger partial charge on any atom is 0.160 e. The second-order valence-electron chi connectivity index (χ2n) is 18.7. The first-order chi connectivity index (χ1) is 30.4. The third-order valence-corrected chi connectivity index (χ3v) is 14.3. The van der Waals surface area contributed by atoms with Gasteiger partial charge in [-0.2, -0.15) is 0 Å². The van der Waals surface area contributed by atoms with Gasteiger partial charge in [0.05, 0.1) is 11.1 Å². The molecule has 2 atom stereocenters. The van der Waals surface area contributed by atoms with E-state index in [0.717, 1.165) is 39.0 Å². The molecule has 0 radical (unpaired) electrons. The maximum absolute atomic E-state index is 7.21. The molecule has 3 nitrogen and oxygen atoms in total. The summed E-state index contributed by atoms with van der Waals surface area (Å²) in [6, 6.07) is 70.6. The first-order valence-electron chi connectivity index (χ1n) is 22.5. The van der Waals surface area contributed by atoms with Crippen LogP contribution in [0.15, 0.2) is 192 Å². The van der Waals surface area contributed by atoms with E-state index >= 15 is 0 Å². The van der Waals surface area contributed by atoms with E-state index in [9.17, 15) is 0 Å². The molecule has 1 aromatic heterocycles. The SMILES string of the molecule is CC(C)(C)c1ccc(N(c2ccc3c(c2)C2CCCCC2N3c2ccccc2)c2cc3c(c4c2oc2ccccc24)-c2ccccc2C3(c2ccccc2)c2ccccc2)cc1. The van der Waals surface area contributed by atoms with Crippen LogP contribution in [0.4, 0.5) is 28.4 Å². The highest BCUT2D eigenvalue weighted by Crippen LogP contribution is 2.61. The fourth-order valence-electron chi connectivity index (χ4n) is 11.6. The Morgan fingerprint density at radius 2 is 1.23 bits per heavy atom. The van der Waals surface area contributed by atoms with E-state index in [1.54, 1.807) is 0 Å². The quantitative estimate of drug-likeness (QED) is 0.167. The topological polar surface area (TPSA) is 19.6 Å². The number of rotatable bonds is 6. The summed E-state index contributed by atoms with van der Waals surface area (Å²) in [5.41, 5.74) is 17.5. The van der Waals surface area contributed by atoms with Crippen LogP contribution in [-0.4, -0.2) is 6.04 Å². The normalized spacial score (nSPS) is 17.4. The maximum atomic E-state index is 7.21. The molecule has 9 aromatic rings. The highest BCUT2D eigenvalue weighted by atomic mass is 16.3. The molecule has 0 amide bonds. The molecular weight excluding hydrogens is 753 g/mol. The number of hydrogen-bond donors (Lipinski definition) is 0. The van der Waals surface area contributed by atoms with Crippen molar-refractivity contribution in [2.75, 3.05) is 9.80 Å².